The van der Waals surface area contributed by atoms with Crippen LogP contribution in [-0.2, 0) is 0 Å². The van der Waals surface area contributed by atoms with Crippen LogP contribution in [0.1, 0.15) is 11.1 Å². The molecule has 3 aromatic rings. The van der Waals surface area contributed by atoms with Crippen molar-refractivity contribution in [1.29, 1.82) is 0 Å². The fourth-order valence-corrected chi connectivity index (χ4v) is 2.77. The quantitative estimate of drug-likeness (QED) is 0.689. The molecule has 0 atom stereocenters. The molecule has 0 spiro atoms. The number of halogens is 1. The summed E-state index contributed by atoms with van der Waals surface area (Å²) in [6.45, 7) is 4.21. The normalized spacial score (nSPS) is 11.0. The highest BCUT2D eigenvalue weighted by molar-refractivity contribution is 14.1. The number of hydrogen-bond donors (Lipinski definition) is 1. The van der Waals surface area contributed by atoms with Gasteiger partial charge in [-0.05, 0) is 47.6 Å². The Morgan fingerprint density at radius 3 is 2.80 bits per heavy atom. The van der Waals surface area contributed by atoms with Crippen molar-refractivity contribution in [2.45, 2.75) is 13.8 Å². The summed E-state index contributed by atoms with van der Waals surface area (Å²) in [6, 6.07) is 8.15. The number of benzene rings is 1. The number of hydrogen-bond acceptors (Lipinski definition) is 3. The maximum Gasteiger partial charge on any atom is 0.147 e. The Morgan fingerprint density at radius 1 is 1.25 bits per heavy atom. The van der Waals surface area contributed by atoms with Crippen LogP contribution in [-0.4, -0.2) is 22.3 Å². The number of pyridine rings is 1. The van der Waals surface area contributed by atoms with E-state index in [9.17, 15) is 0 Å². The van der Waals surface area contributed by atoms with Crippen LogP contribution in [0, 0.1) is 17.5 Å². The van der Waals surface area contributed by atoms with Gasteiger partial charge in [0.1, 0.15) is 26.2 Å². The molecule has 20 heavy (non-hydrogen) atoms. The van der Waals surface area contributed by atoms with Gasteiger partial charge in [0.25, 0.3) is 0 Å². The summed E-state index contributed by atoms with van der Waals surface area (Å²) < 4.78 is 6.43. The van der Waals surface area contributed by atoms with E-state index >= 15 is 0 Å². The minimum Gasteiger partial charge on any atom is -0.494 e. The number of aromatic nitrogens is 3. The molecule has 3 rings (SSSR count). The van der Waals surface area contributed by atoms with Gasteiger partial charge in [-0.3, -0.25) is 5.10 Å². The maximum absolute atomic E-state index is 5.49. The van der Waals surface area contributed by atoms with E-state index in [-0.39, 0.29) is 0 Å². The first-order valence-corrected chi connectivity index (χ1v) is 7.35. The molecule has 1 N–H and O–H groups in total. The highest BCUT2D eigenvalue weighted by atomic mass is 127. The van der Waals surface area contributed by atoms with Gasteiger partial charge in [0.15, 0.2) is 0 Å². The Morgan fingerprint density at radius 2 is 2.05 bits per heavy atom. The number of nitrogens with zero attached hydrogens (tertiary/aromatic N) is 2. The van der Waals surface area contributed by atoms with Crippen molar-refractivity contribution >= 4 is 33.6 Å². The topological polar surface area (TPSA) is 50.8 Å². The summed E-state index contributed by atoms with van der Waals surface area (Å²) in [5.41, 5.74) is 6.12. The van der Waals surface area contributed by atoms with E-state index < -0.39 is 0 Å². The molecule has 0 radical (unpaired) electrons. The van der Waals surface area contributed by atoms with Gasteiger partial charge in [0.2, 0.25) is 0 Å². The second-order valence-corrected chi connectivity index (χ2v) is 5.77. The lowest BCUT2D eigenvalue weighted by molar-refractivity contribution is 0.415. The first kappa shape index (κ1) is 13.4. The molecule has 2 aromatic heterocycles. The van der Waals surface area contributed by atoms with E-state index in [4.69, 9.17) is 9.72 Å². The lowest BCUT2D eigenvalue weighted by atomic mass is 10.00. The molecule has 0 saturated carbocycles. The average Bonchev–Trinajstić information content (AvgIpc) is 2.81. The van der Waals surface area contributed by atoms with Crippen LogP contribution in [0.2, 0.25) is 0 Å². The summed E-state index contributed by atoms with van der Waals surface area (Å²) in [4.78, 5) is 4.75. The minimum atomic E-state index is 0.745. The molecular weight excluding hydrogens is 365 g/mol. The van der Waals surface area contributed by atoms with Gasteiger partial charge >= 0.3 is 0 Å². The zero-order valence-corrected chi connectivity index (χ0v) is 13.6. The molecule has 5 heteroatoms. The first-order valence-electron chi connectivity index (χ1n) is 6.27. The molecule has 102 valence electrons. The Balaban J connectivity index is 2.33. The summed E-state index contributed by atoms with van der Waals surface area (Å²) in [6.07, 6.45) is 0. The van der Waals surface area contributed by atoms with E-state index in [0.717, 1.165) is 31.7 Å². The number of fused-ring (bicyclic) bond motifs is 1. The third kappa shape index (κ3) is 2.06. The van der Waals surface area contributed by atoms with E-state index in [1.807, 2.05) is 12.1 Å². The Labute approximate surface area is 130 Å². The van der Waals surface area contributed by atoms with Gasteiger partial charge in [-0.1, -0.05) is 18.2 Å². The average molecular weight is 379 g/mol. The fraction of sp³-hybridized carbons (Fsp3) is 0.200. The van der Waals surface area contributed by atoms with Crippen LogP contribution in [0.15, 0.2) is 24.3 Å². The van der Waals surface area contributed by atoms with Crippen molar-refractivity contribution in [1.82, 2.24) is 15.2 Å². The van der Waals surface area contributed by atoms with Crippen molar-refractivity contribution in [2.24, 2.45) is 0 Å². The van der Waals surface area contributed by atoms with Crippen LogP contribution >= 0.6 is 22.6 Å². The van der Waals surface area contributed by atoms with Crippen LogP contribution in [0.3, 0.4) is 0 Å². The molecule has 0 aliphatic heterocycles. The molecule has 0 aliphatic rings. The number of ether oxygens (including phenoxy) is 1. The molecule has 1 aromatic carbocycles. The smallest absolute Gasteiger partial charge is 0.147 e. The fourth-order valence-electron chi connectivity index (χ4n) is 2.25. The van der Waals surface area contributed by atoms with Gasteiger partial charge in [0.05, 0.1) is 7.11 Å². The van der Waals surface area contributed by atoms with Crippen molar-refractivity contribution in [3.8, 4) is 17.0 Å². The highest BCUT2D eigenvalue weighted by Crippen LogP contribution is 2.34. The third-order valence-electron chi connectivity index (χ3n) is 3.53. The zero-order valence-electron chi connectivity index (χ0n) is 11.5. The Bertz CT molecular complexity index is 795. The predicted octanol–water partition coefficient (Wildman–Crippen LogP) is 3.85. The molecule has 0 amide bonds. The predicted molar refractivity (Wildman–Crippen MR) is 88.1 cm³/mol. The third-order valence-corrected chi connectivity index (χ3v) is 4.28. The largest absolute Gasteiger partial charge is 0.494 e. The zero-order chi connectivity index (χ0) is 14.3. The number of nitrogens with one attached hydrogen (secondary N) is 1. The minimum absolute atomic E-state index is 0.745. The summed E-state index contributed by atoms with van der Waals surface area (Å²) >= 11 is 2.21. The molecule has 0 aliphatic carbocycles. The van der Waals surface area contributed by atoms with Crippen LogP contribution in [0.4, 0.5) is 0 Å². The van der Waals surface area contributed by atoms with E-state index in [2.05, 4.69) is 58.8 Å². The van der Waals surface area contributed by atoms with Crippen molar-refractivity contribution in [2.75, 3.05) is 7.11 Å². The molecule has 0 saturated heterocycles. The summed E-state index contributed by atoms with van der Waals surface area (Å²) in [5.74, 6) is 0.745. The van der Waals surface area contributed by atoms with Crippen LogP contribution in [0.5, 0.6) is 5.75 Å². The molecule has 4 nitrogen and oxygen atoms in total. The molecule has 0 fully saturated rings. The monoisotopic (exact) mass is 379 g/mol. The van der Waals surface area contributed by atoms with Crippen molar-refractivity contribution < 1.29 is 4.74 Å². The Kier molecular flexibility index (Phi) is 3.37. The standard InChI is InChI=1S/C15H14IN3O/c1-8-5-4-6-10(9(8)2)13-12(20-3)7-11-14(17-13)15(16)19-18-11/h4-7H,1-3H3,(H,18,19). The van der Waals surface area contributed by atoms with Crippen LogP contribution < -0.4 is 4.74 Å². The molecule has 0 bridgehead atoms. The molecule has 2 heterocycles. The number of aryl methyl sites for hydroxylation is 1. The number of rotatable bonds is 2. The van der Waals surface area contributed by atoms with E-state index in [1.165, 1.54) is 11.1 Å². The Hall–Kier alpha value is -1.63. The van der Waals surface area contributed by atoms with Crippen LogP contribution in [0.25, 0.3) is 22.3 Å². The molecule has 0 unspecified atom stereocenters. The lowest BCUT2D eigenvalue weighted by Gasteiger charge is -2.11. The van der Waals surface area contributed by atoms with Gasteiger partial charge < -0.3 is 4.74 Å². The van der Waals surface area contributed by atoms with E-state index in [1.54, 1.807) is 7.11 Å². The van der Waals surface area contributed by atoms with Gasteiger partial charge in [-0.2, -0.15) is 5.10 Å². The van der Waals surface area contributed by atoms with Crippen molar-refractivity contribution in [3.05, 3.63) is 39.1 Å². The number of H-pyrrole nitrogens is 1. The van der Waals surface area contributed by atoms with Gasteiger partial charge in [-0.15, -0.1) is 0 Å². The SMILES string of the molecule is COc1cc2n[nH]c(I)c2nc1-c1cccc(C)c1C. The number of aromatic amines is 1. The second-order valence-electron chi connectivity index (χ2n) is 4.69. The van der Waals surface area contributed by atoms with E-state index in [0.29, 0.717) is 0 Å². The lowest BCUT2D eigenvalue weighted by Crippen LogP contribution is -1.95. The molecular formula is C15H14IN3O. The first-order chi connectivity index (χ1) is 9.61. The van der Waals surface area contributed by atoms with Gasteiger partial charge in [0, 0.05) is 11.6 Å². The highest BCUT2D eigenvalue weighted by Gasteiger charge is 2.15. The van der Waals surface area contributed by atoms with Crippen molar-refractivity contribution in [3.63, 3.8) is 0 Å². The number of methoxy groups -OCH3 is 1. The maximum atomic E-state index is 5.49. The second kappa shape index (κ2) is 5.05. The summed E-state index contributed by atoms with van der Waals surface area (Å²) in [5, 5.41) is 7.18. The van der Waals surface area contributed by atoms with Gasteiger partial charge in [-0.25, -0.2) is 4.98 Å². The summed E-state index contributed by atoms with van der Waals surface area (Å²) in [7, 11) is 1.66.